The first kappa shape index (κ1) is 9.25. The van der Waals surface area contributed by atoms with Gasteiger partial charge in [-0.2, -0.15) is 0 Å². The zero-order valence-corrected chi connectivity index (χ0v) is 8.28. The summed E-state index contributed by atoms with van der Waals surface area (Å²) in [4.78, 5) is 6.45. The van der Waals surface area contributed by atoms with Crippen molar-refractivity contribution >= 4 is 21.8 Å². The van der Waals surface area contributed by atoms with Crippen LogP contribution in [-0.2, 0) is 17.1 Å². The van der Waals surface area contributed by atoms with Crippen molar-refractivity contribution < 1.29 is 22.1 Å². The molecule has 0 aliphatic heterocycles. The number of hydrogen-bond donors (Lipinski definition) is 1. The van der Waals surface area contributed by atoms with E-state index in [1.165, 1.54) is 21.8 Å². The largest absolute Gasteiger partial charge is 0.361 e. The Kier molecular flexibility index (Phi) is 2.28. The Balaban J connectivity index is 0.000000750. The molecule has 14 heavy (non-hydrogen) atoms. The van der Waals surface area contributed by atoms with Gasteiger partial charge < -0.3 is 4.98 Å². The van der Waals surface area contributed by atoms with Crippen molar-refractivity contribution in [2.45, 2.75) is 0 Å². The Hall–Kier alpha value is -1.31. The third-order valence-electron chi connectivity index (χ3n) is 2.37. The second-order valence-electron chi connectivity index (χ2n) is 3.14. The molecule has 2 nitrogen and oxygen atoms in total. The van der Waals surface area contributed by atoms with E-state index in [1.54, 1.807) is 0 Å². The van der Waals surface area contributed by atoms with Crippen LogP contribution in [0.3, 0.4) is 0 Å². The molecule has 0 atom stereocenters. The van der Waals surface area contributed by atoms with Gasteiger partial charge in [0.05, 0.1) is 10.9 Å². The summed E-state index contributed by atoms with van der Waals surface area (Å²) in [7, 11) is 0. The van der Waals surface area contributed by atoms with E-state index < -0.39 is 0 Å². The van der Waals surface area contributed by atoms with E-state index in [9.17, 15) is 0 Å². The molecule has 3 rings (SSSR count). The van der Waals surface area contributed by atoms with Crippen molar-refractivity contribution in [2.75, 3.05) is 0 Å². The number of H-pyrrole nitrogens is 2. The molecule has 2 aromatic heterocycles. The van der Waals surface area contributed by atoms with Crippen LogP contribution in [0.4, 0.5) is 0 Å². The van der Waals surface area contributed by atoms with Crippen LogP contribution in [0.2, 0.25) is 0 Å². The third kappa shape index (κ3) is 1.22. The number of benzene rings is 1. The molecule has 1 aromatic carbocycles. The molecule has 0 saturated carbocycles. The van der Waals surface area contributed by atoms with Crippen LogP contribution in [0.15, 0.2) is 42.7 Å². The smallest absolute Gasteiger partial charge is 0.220 e. The normalized spacial score (nSPS) is 10.3. The van der Waals surface area contributed by atoms with Gasteiger partial charge in [0.1, 0.15) is 0 Å². The molecule has 0 saturated heterocycles. The topological polar surface area (TPSA) is 29.9 Å². The van der Waals surface area contributed by atoms with E-state index in [0.29, 0.717) is 0 Å². The standard InChI is InChI=1S/C11H8N2.Cu/c1-2-8-3-4-10-9(5-7-12-10)11(8)13-6-1;/h1-7,12H;/p+1. The minimum absolute atomic E-state index is 0. The first-order valence-corrected chi connectivity index (χ1v) is 4.32. The van der Waals surface area contributed by atoms with Crippen molar-refractivity contribution in [3.05, 3.63) is 42.7 Å². The summed E-state index contributed by atoms with van der Waals surface area (Å²) >= 11 is 0. The molecule has 0 aliphatic carbocycles. The van der Waals surface area contributed by atoms with Crippen LogP contribution >= 0.6 is 0 Å². The van der Waals surface area contributed by atoms with Gasteiger partial charge in [0.15, 0.2) is 6.20 Å². The Bertz CT molecular complexity index is 571. The van der Waals surface area contributed by atoms with Crippen molar-refractivity contribution in [1.29, 1.82) is 0 Å². The second kappa shape index (κ2) is 3.45. The number of pyridine rings is 1. The van der Waals surface area contributed by atoms with Crippen LogP contribution in [-0.4, -0.2) is 4.98 Å². The number of fused-ring (bicyclic) bond motifs is 3. The predicted molar refractivity (Wildman–Crippen MR) is 52.4 cm³/mol. The van der Waals surface area contributed by atoms with Crippen LogP contribution < -0.4 is 4.98 Å². The van der Waals surface area contributed by atoms with Crippen molar-refractivity contribution in [2.24, 2.45) is 0 Å². The van der Waals surface area contributed by atoms with Gasteiger partial charge in [-0.15, -0.1) is 0 Å². The van der Waals surface area contributed by atoms with E-state index in [1.807, 2.05) is 18.5 Å². The molecule has 0 amide bonds. The summed E-state index contributed by atoms with van der Waals surface area (Å²) in [5.41, 5.74) is 2.37. The Labute approximate surface area is 91.8 Å². The number of nitrogens with one attached hydrogen (secondary N) is 2. The molecular formula is C11H9CuN2+. The molecule has 0 bridgehead atoms. The zero-order valence-electron chi connectivity index (χ0n) is 7.34. The fourth-order valence-electron chi connectivity index (χ4n) is 1.73. The number of rotatable bonds is 0. The maximum absolute atomic E-state index is 3.26. The third-order valence-corrected chi connectivity index (χ3v) is 2.37. The van der Waals surface area contributed by atoms with Gasteiger partial charge in [-0.05, 0) is 24.3 Å². The molecule has 0 spiro atoms. The average molecular weight is 233 g/mol. The van der Waals surface area contributed by atoms with Crippen molar-refractivity contribution in [3.63, 3.8) is 0 Å². The Morgan fingerprint density at radius 1 is 1.07 bits per heavy atom. The molecule has 1 radical (unpaired) electrons. The van der Waals surface area contributed by atoms with Crippen LogP contribution in [0.5, 0.6) is 0 Å². The van der Waals surface area contributed by atoms with E-state index in [2.05, 4.69) is 34.2 Å². The van der Waals surface area contributed by atoms with Gasteiger partial charge in [-0.3, -0.25) is 0 Å². The fraction of sp³-hybridized carbons (Fsp3) is 0. The minimum atomic E-state index is 0. The molecule has 3 heteroatoms. The minimum Gasteiger partial charge on any atom is -0.361 e. The monoisotopic (exact) mass is 232 g/mol. The summed E-state index contributed by atoms with van der Waals surface area (Å²) in [5, 5.41) is 2.49. The average Bonchev–Trinajstić information content (AvgIpc) is 2.65. The number of hydrogen-bond acceptors (Lipinski definition) is 0. The number of aromatic amines is 2. The first-order chi connectivity index (χ1) is 6.45. The maximum Gasteiger partial charge on any atom is 0.220 e. The fourth-order valence-corrected chi connectivity index (χ4v) is 1.73. The Morgan fingerprint density at radius 3 is 2.93 bits per heavy atom. The van der Waals surface area contributed by atoms with E-state index in [0.717, 1.165) is 0 Å². The zero-order chi connectivity index (χ0) is 8.67. The summed E-state index contributed by atoms with van der Waals surface area (Å²) in [5.74, 6) is 0. The van der Waals surface area contributed by atoms with Crippen LogP contribution in [0.25, 0.3) is 21.8 Å². The quantitative estimate of drug-likeness (QED) is 0.576. The maximum atomic E-state index is 3.26. The van der Waals surface area contributed by atoms with Crippen molar-refractivity contribution in [1.82, 2.24) is 4.98 Å². The molecular weight excluding hydrogens is 224 g/mol. The molecule has 0 aliphatic rings. The number of aromatic nitrogens is 2. The SMILES string of the molecule is [Cu].c1c[nH+]c2c(c1)ccc1[nH]ccc12. The van der Waals surface area contributed by atoms with Gasteiger partial charge >= 0.3 is 0 Å². The first-order valence-electron chi connectivity index (χ1n) is 4.32. The van der Waals surface area contributed by atoms with Gasteiger partial charge in [-0.1, -0.05) is 0 Å². The van der Waals surface area contributed by atoms with E-state index >= 15 is 0 Å². The van der Waals surface area contributed by atoms with Gasteiger partial charge in [0, 0.05) is 34.7 Å². The Morgan fingerprint density at radius 2 is 2.00 bits per heavy atom. The second-order valence-corrected chi connectivity index (χ2v) is 3.14. The molecule has 2 N–H and O–H groups in total. The predicted octanol–water partition coefficient (Wildman–Crippen LogP) is 2.13. The molecule has 2 heterocycles. The van der Waals surface area contributed by atoms with E-state index in [-0.39, 0.29) is 17.1 Å². The van der Waals surface area contributed by atoms with Gasteiger partial charge in [0.25, 0.3) is 0 Å². The summed E-state index contributed by atoms with van der Waals surface area (Å²) < 4.78 is 0. The summed E-state index contributed by atoms with van der Waals surface area (Å²) in [6, 6.07) is 10.4. The molecule has 0 fully saturated rings. The molecule has 0 unspecified atom stereocenters. The van der Waals surface area contributed by atoms with E-state index in [4.69, 9.17) is 0 Å². The summed E-state index contributed by atoms with van der Waals surface area (Å²) in [6.45, 7) is 0. The van der Waals surface area contributed by atoms with Crippen LogP contribution in [0, 0.1) is 0 Å². The van der Waals surface area contributed by atoms with Gasteiger partial charge in [0.2, 0.25) is 5.52 Å². The molecule has 3 aromatic rings. The summed E-state index contributed by atoms with van der Waals surface area (Å²) in [6.07, 6.45) is 3.92. The molecule has 73 valence electrons. The van der Waals surface area contributed by atoms with Gasteiger partial charge in [-0.25, -0.2) is 4.98 Å². The van der Waals surface area contributed by atoms with Crippen molar-refractivity contribution in [3.8, 4) is 0 Å². The van der Waals surface area contributed by atoms with Crippen LogP contribution in [0.1, 0.15) is 0 Å².